The molecule has 3 N–H and O–H groups in total. The maximum absolute atomic E-state index is 13.5. The number of aliphatic imine (C=N–C) groups is 1. The number of aromatic nitrogens is 3. The first-order valence-corrected chi connectivity index (χ1v) is 8.47. The van der Waals surface area contributed by atoms with E-state index in [1.807, 2.05) is 13.0 Å². The molecule has 2 aromatic rings. The zero-order valence-electron chi connectivity index (χ0n) is 15.2. The number of rotatable bonds is 7. The molecular formula is C17H23F3N6O. The highest BCUT2D eigenvalue weighted by molar-refractivity contribution is 5.79. The van der Waals surface area contributed by atoms with Crippen LogP contribution in [0.5, 0.6) is 0 Å². The van der Waals surface area contributed by atoms with Gasteiger partial charge in [0.05, 0.1) is 12.2 Å². The van der Waals surface area contributed by atoms with Gasteiger partial charge < -0.3 is 20.3 Å². The number of alkyl halides is 3. The van der Waals surface area contributed by atoms with Crippen LogP contribution in [0.3, 0.4) is 0 Å². The lowest BCUT2D eigenvalue weighted by atomic mass is 9.97. The van der Waals surface area contributed by atoms with Crippen molar-refractivity contribution >= 4 is 5.96 Å². The van der Waals surface area contributed by atoms with Crippen molar-refractivity contribution in [1.29, 1.82) is 0 Å². The van der Waals surface area contributed by atoms with Crippen molar-refractivity contribution < 1.29 is 18.3 Å². The minimum Gasteiger partial charge on any atom is -0.374 e. The molecule has 7 nitrogen and oxygen atoms in total. The summed E-state index contributed by atoms with van der Waals surface area (Å²) in [6.45, 7) is 2.50. The Morgan fingerprint density at radius 2 is 2.00 bits per heavy atom. The van der Waals surface area contributed by atoms with E-state index in [1.165, 1.54) is 19.4 Å². The summed E-state index contributed by atoms with van der Waals surface area (Å²) in [6.07, 6.45) is -1.26. The minimum atomic E-state index is -4.86. The van der Waals surface area contributed by atoms with Gasteiger partial charge in [0.2, 0.25) is 5.60 Å². The number of nitrogens with one attached hydrogen (secondary N) is 2. The fraction of sp³-hybridized carbons (Fsp3) is 0.471. The number of nitrogens with zero attached hydrogens (tertiary/aromatic N) is 4. The second kappa shape index (κ2) is 8.85. The molecule has 0 fully saturated rings. The third-order valence-electron chi connectivity index (χ3n) is 3.91. The van der Waals surface area contributed by atoms with Crippen molar-refractivity contribution in [2.75, 3.05) is 13.1 Å². The molecule has 0 amide bonds. The number of halogens is 3. The van der Waals surface area contributed by atoms with Crippen molar-refractivity contribution in [3.05, 3.63) is 48.3 Å². The summed E-state index contributed by atoms with van der Waals surface area (Å²) < 4.78 is 41.7. The van der Waals surface area contributed by atoms with Gasteiger partial charge in [-0.1, -0.05) is 6.07 Å². The van der Waals surface area contributed by atoms with Crippen molar-refractivity contribution in [3.63, 3.8) is 0 Å². The summed E-state index contributed by atoms with van der Waals surface area (Å²) in [5.41, 5.74) is -2.33. The van der Waals surface area contributed by atoms with Crippen LogP contribution in [-0.2, 0) is 19.2 Å². The van der Waals surface area contributed by atoms with Gasteiger partial charge >= 0.3 is 6.18 Å². The van der Waals surface area contributed by atoms with Crippen LogP contribution in [0, 0.1) is 0 Å². The van der Waals surface area contributed by atoms with Crippen LogP contribution in [0.4, 0.5) is 13.2 Å². The summed E-state index contributed by atoms with van der Waals surface area (Å²) in [5.74, 6) is -0.111. The van der Waals surface area contributed by atoms with E-state index >= 15 is 0 Å². The van der Waals surface area contributed by atoms with E-state index in [1.54, 1.807) is 18.3 Å². The van der Waals surface area contributed by atoms with Crippen molar-refractivity contribution in [2.45, 2.75) is 31.7 Å². The fourth-order valence-electron chi connectivity index (χ4n) is 2.50. The molecule has 27 heavy (non-hydrogen) atoms. The average Bonchev–Trinajstić information content (AvgIpc) is 3.06. The standard InChI is InChI=1S/C17H23F3N6O/c1-3-21-15(25-12-13-6-4-5-8-22-13)24-9-7-16(27,17(18,19)20)14-23-10-11-26(14)2/h4-6,8,10-11,27H,3,7,9,12H2,1-2H3,(H2,21,24,25). The molecule has 2 heterocycles. The summed E-state index contributed by atoms with van der Waals surface area (Å²) >= 11 is 0. The Labute approximate surface area is 155 Å². The average molecular weight is 384 g/mol. The van der Waals surface area contributed by atoms with E-state index in [0.29, 0.717) is 12.5 Å². The Bertz CT molecular complexity index is 747. The van der Waals surface area contributed by atoms with Crippen LogP contribution in [0.25, 0.3) is 0 Å². The lowest BCUT2D eigenvalue weighted by Gasteiger charge is -2.30. The lowest BCUT2D eigenvalue weighted by molar-refractivity contribution is -0.272. The van der Waals surface area contributed by atoms with E-state index < -0.39 is 24.0 Å². The van der Waals surface area contributed by atoms with Crippen LogP contribution < -0.4 is 10.6 Å². The Balaban J connectivity index is 2.06. The molecule has 0 radical (unpaired) electrons. The molecule has 0 aliphatic carbocycles. The van der Waals surface area contributed by atoms with Crippen LogP contribution in [0.15, 0.2) is 41.8 Å². The molecular weight excluding hydrogens is 361 g/mol. The first kappa shape index (κ1) is 20.7. The highest BCUT2D eigenvalue weighted by Gasteiger charge is 2.57. The van der Waals surface area contributed by atoms with Crippen LogP contribution in [0.2, 0.25) is 0 Å². The van der Waals surface area contributed by atoms with Gasteiger partial charge in [0.25, 0.3) is 0 Å². The molecule has 0 saturated heterocycles. The summed E-state index contributed by atoms with van der Waals surface area (Å²) in [6, 6.07) is 5.41. The van der Waals surface area contributed by atoms with Gasteiger partial charge in [-0.05, 0) is 19.1 Å². The molecule has 0 aromatic carbocycles. The quantitative estimate of drug-likeness (QED) is 0.500. The van der Waals surface area contributed by atoms with Gasteiger partial charge in [-0.25, -0.2) is 9.98 Å². The number of aliphatic hydroxyl groups is 1. The Morgan fingerprint density at radius 1 is 1.22 bits per heavy atom. The SMILES string of the molecule is CCNC(=NCc1ccccn1)NCCC(O)(c1nccn1C)C(F)(F)F. The van der Waals surface area contributed by atoms with Crippen LogP contribution in [0.1, 0.15) is 24.9 Å². The minimum absolute atomic E-state index is 0.156. The summed E-state index contributed by atoms with van der Waals surface area (Å²) in [4.78, 5) is 12.1. The molecule has 10 heteroatoms. The smallest absolute Gasteiger partial charge is 0.374 e. The molecule has 2 rings (SSSR count). The predicted octanol–water partition coefficient (Wildman–Crippen LogP) is 1.71. The number of hydrogen-bond acceptors (Lipinski definition) is 4. The Kier molecular flexibility index (Phi) is 6.78. The van der Waals surface area contributed by atoms with E-state index in [-0.39, 0.29) is 13.1 Å². The second-order valence-electron chi connectivity index (χ2n) is 5.91. The largest absolute Gasteiger partial charge is 0.424 e. The molecule has 148 valence electrons. The normalized spacial score (nSPS) is 14.7. The van der Waals surface area contributed by atoms with Crippen LogP contribution >= 0.6 is 0 Å². The monoisotopic (exact) mass is 384 g/mol. The second-order valence-corrected chi connectivity index (χ2v) is 5.91. The van der Waals surface area contributed by atoms with Crippen molar-refractivity contribution in [2.24, 2.45) is 12.0 Å². The molecule has 0 saturated carbocycles. The number of hydrogen-bond donors (Lipinski definition) is 3. The molecule has 0 spiro atoms. The van der Waals surface area contributed by atoms with E-state index in [4.69, 9.17) is 0 Å². The molecule has 0 bridgehead atoms. The highest BCUT2D eigenvalue weighted by Crippen LogP contribution is 2.40. The summed E-state index contributed by atoms with van der Waals surface area (Å²) in [7, 11) is 1.41. The van der Waals surface area contributed by atoms with Gasteiger partial charge in [-0.15, -0.1) is 0 Å². The molecule has 0 aliphatic heterocycles. The number of aryl methyl sites for hydroxylation is 1. The third-order valence-corrected chi connectivity index (χ3v) is 3.91. The zero-order valence-corrected chi connectivity index (χ0v) is 15.2. The van der Waals surface area contributed by atoms with Gasteiger partial charge in [0, 0.05) is 45.1 Å². The van der Waals surface area contributed by atoms with Gasteiger partial charge in [0.15, 0.2) is 5.96 Å². The summed E-state index contributed by atoms with van der Waals surface area (Å²) in [5, 5.41) is 16.1. The van der Waals surface area contributed by atoms with Crippen molar-refractivity contribution in [1.82, 2.24) is 25.2 Å². The van der Waals surface area contributed by atoms with E-state index in [9.17, 15) is 18.3 Å². The van der Waals surface area contributed by atoms with Gasteiger partial charge in [-0.3, -0.25) is 4.98 Å². The fourth-order valence-corrected chi connectivity index (χ4v) is 2.50. The number of guanidine groups is 1. The molecule has 2 aromatic heterocycles. The highest BCUT2D eigenvalue weighted by atomic mass is 19.4. The van der Waals surface area contributed by atoms with Gasteiger partial charge in [0.1, 0.15) is 5.82 Å². The Hall–Kier alpha value is -2.62. The molecule has 1 atom stereocenters. The third kappa shape index (κ3) is 5.19. The topological polar surface area (TPSA) is 87.4 Å². The van der Waals surface area contributed by atoms with E-state index in [0.717, 1.165) is 10.3 Å². The zero-order chi connectivity index (χ0) is 19.9. The van der Waals surface area contributed by atoms with Crippen molar-refractivity contribution in [3.8, 4) is 0 Å². The maximum atomic E-state index is 13.5. The van der Waals surface area contributed by atoms with Crippen LogP contribution in [-0.4, -0.2) is 44.9 Å². The molecule has 1 unspecified atom stereocenters. The first-order chi connectivity index (χ1) is 12.8. The molecule has 0 aliphatic rings. The first-order valence-electron chi connectivity index (χ1n) is 8.47. The Morgan fingerprint density at radius 3 is 2.56 bits per heavy atom. The maximum Gasteiger partial charge on any atom is 0.424 e. The number of pyridine rings is 1. The predicted molar refractivity (Wildman–Crippen MR) is 94.8 cm³/mol. The van der Waals surface area contributed by atoms with Gasteiger partial charge in [-0.2, -0.15) is 13.2 Å². The van der Waals surface area contributed by atoms with E-state index in [2.05, 4.69) is 25.6 Å². The number of imidazole rings is 1. The lowest BCUT2D eigenvalue weighted by Crippen LogP contribution is -2.47.